The van der Waals surface area contributed by atoms with E-state index in [0.717, 1.165) is 54.6 Å². The third-order valence-corrected chi connectivity index (χ3v) is 8.29. The normalized spacial score (nSPS) is 15.4. The predicted octanol–water partition coefficient (Wildman–Crippen LogP) is 7.12. The van der Waals surface area contributed by atoms with Crippen LogP contribution >= 0.6 is 39.0 Å². The highest BCUT2D eigenvalue weighted by Crippen LogP contribution is 2.38. The second-order valence-electron chi connectivity index (χ2n) is 8.68. The van der Waals surface area contributed by atoms with Gasteiger partial charge in [-0.3, -0.25) is 9.36 Å². The molecule has 4 rings (SSSR count). The second kappa shape index (κ2) is 9.77. The van der Waals surface area contributed by atoms with Gasteiger partial charge in [0.2, 0.25) is 0 Å². The molecule has 3 aromatic rings. The molecular weight excluding hydrogens is 492 g/mol. The number of halogens is 1. The van der Waals surface area contributed by atoms with Gasteiger partial charge in [-0.15, -0.1) is 11.3 Å². The Morgan fingerprint density at radius 3 is 2.68 bits per heavy atom. The van der Waals surface area contributed by atoms with E-state index < -0.39 is 0 Å². The van der Waals surface area contributed by atoms with Crippen molar-refractivity contribution < 1.29 is 4.74 Å². The third kappa shape index (κ3) is 5.10. The highest BCUT2D eigenvalue weighted by Gasteiger charge is 2.31. The molecule has 0 fully saturated rings. The zero-order valence-corrected chi connectivity index (χ0v) is 21.6. The summed E-state index contributed by atoms with van der Waals surface area (Å²) in [7, 11) is 0. The van der Waals surface area contributed by atoms with Crippen molar-refractivity contribution >= 4 is 49.2 Å². The number of thiophene rings is 1. The molecule has 1 aliphatic heterocycles. The summed E-state index contributed by atoms with van der Waals surface area (Å²) in [6, 6.07) is 7.92. The summed E-state index contributed by atoms with van der Waals surface area (Å²) in [5.74, 6) is 0.972. The Kier molecular flexibility index (Phi) is 7.26. The molecule has 3 heterocycles. The van der Waals surface area contributed by atoms with Gasteiger partial charge in [-0.2, -0.15) is 0 Å². The summed E-state index contributed by atoms with van der Waals surface area (Å²) in [6.45, 7) is 6.96. The van der Waals surface area contributed by atoms with Crippen molar-refractivity contribution in [2.45, 2.75) is 76.7 Å². The van der Waals surface area contributed by atoms with Crippen molar-refractivity contribution in [3.05, 3.63) is 49.5 Å². The number of aromatic nitrogens is 2. The maximum absolute atomic E-state index is 13.8. The van der Waals surface area contributed by atoms with Crippen molar-refractivity contribution in [1.29, 1.82) is 0 Å². The fourth-order valence-electron chi connectivity index (χ4n) is 3.96. The number of rotatable bonds is 8. The molecule has 0 radical (unpaired) electrons. The number of thioether (sulfide) groups is 1. The quantitative estimate of drug-likeness (QED) is 0.180. The monoisotopic (exact) mass is 520 g/mol. The van der Waals surface area contributed by atoms with Gasteiger partial charge >= 0.3 is 0 Å². The largest absolute Gasteiger partial charge is 0.370 e. The average molecular weight is 522 g/mol. The highest BCUT2D eigenvalue weighted by atomic mass is 79.9. The molecule has 0 amide bonds. The van der Waals surface area contributed by atoms with Gasteiger partial charge in [0, 0.05) is 21.5 Å². The standard InChI is InChI=1S/C24H29BrN2O2S2/c1-4-5-6-7-8-13-30-23-26-21-20(18-14-24(2,3)29-15-19(18)31-21)22(28)27(23)17-11-9-16(25)10-12-17/h9-12H,4-8,13-15H2,1-3H3. The molecule has 0 spiro atoms. The van der Waals surface area contributed by atoms with Crippen LogP contribution in [0, 0.1) is 0 Å². The first-order valence-electron chi connectivity index (χ1n) is 11.0. The lowest BCUT2D eigenvalue weighted by molar-refractivity contribution is -0.0379. The minimum Gasteiger partial charge on any atom is -0.370 e. The Bertz CT molecular complexity index is 1120. The molecule has 1 aromatic carbocycles. The van der Waals surface area contributed by atoms with Crippen LogP contribution in [0.15, 0.2) is 38.7 Å². The summed E-state index contributed by atoms with van der Waals surface area (Å²) in [5.41, 5.74) is 1.76. The first kappa shape index (κ1) is 23.0. The molecule has 1 aliphatic rings. The van der Waals surface area contributed by atoms with Gasteiger partial charge in [-0.25, -0.2) is 4.98 Å². The van der Waals surface area contributed by atoms with Gasteiger partial charge in [0.1, 0.15) is 4.83 Å². The lowest BCUT2D eigenvalue weighted by Gasteiger charge is -2.29. The van der Waals surface area contributed by atoms with E-state index in [1.165, 1.54) is 25.7 Å². The lowest BCUT2D eigenvalue weighted by atomic mass is 9.94. The fraction of sp³-hybridized carbons (Fsp3) is 0.500. The minimum absolute atomic E-state index is 0.0380. The summed E-state index contributed by atoms with van der Waals surface area (Å²) in [6.07, 6.45) is 6.92. The number of hydrogen-bond donors (Lipinski definition) is 0. The van der Waals surface area contributed by atoms with Crippen LogP contribution in [0.3, 0.4) is 0 Å². The van der Waals surface area contributed by atoms with E-state index in [0.29, 0.717) is 6.61 Å². The van der Waals surface area contributed by atoms with Crippen LogP contribution in [0.1, 0.15) is 63.3 Å². The summed E-state index contributed by atoms with van der Waals surface area (Å²) in [5, 5.41) is 1.56. The van der Waals surface area contributed by atoms with Crippen molar-refractivity contribution in [3.8, 4) is 5.69 Å². The van der Waals surface area contributed by atoms with E-state index in [1.54, 1.807) is 27.7 Å². The second-order valence-corrected chi connectivity index (χ2v) is 11.7. The molecule has 0 bridgehead atoms. The maximum atomic E-state index is 13.8. The summed E-state index contributed by atoms with van der Waals surface area (Å²) in [4.78, 5) is 20.8. The molecule has 166 valence electrons. The SMILES string of the molecule is CCCCCCCSc1nc2sc3c(c2c(=O)n1-c1ccc(Br)cc1)CC(C)(C)OC3. The van der Waals surface area contributed by atoms with Crippen molar-refractivity contribution in [2.24, 2.45) is 0 Å². The molecule has 0 N–H and O–H groups in total. The Hall–Kier alpha value is -1.15. The van der Waals surface area contributed by atoms with Crippen LogP contribution in [0.4, 0.5) is 0 Å². The smallest absolute Gasteiger partial charge is 0.267 e. The fourth-order valence-corrected chi connectivity index (χ4v) is 6.38. The number of fused-ring (bicyclic) bond motifs is 3. The van der Waals surface area contributed by atoms with Gasteiger partial charge in [-0.05, 0) is 50.1 Å². The predicted molar refractivity (Wildman–Crippen MR) is 135 cm³/mol. The average Bonchev–Trinajstić information content (AvgIpc) is 3.08. The van der Waals surface area contributed by atoms with E-state index in [1.807, 2.05) is 24.3 Å². The Balaban J connectivity index is 1.75. The van der Waals surface area contributed by atoms with Gasteiger partial charge in [0.05, 0.1) is 23.3 Å². The van der Waals surface area contributed by atoms with E-state index in [9.17, 15) is 4.79 Å². The zero-order chi connectivity index (χ0) is 22.0. The van der Waals surface area contributed by atoms with Crippen LogP contribution in [0.25, 0.3) is 15.9 Å². The third-order valence-electron chi connectivity index (χ3n) is 5.64. The van der Waals surface area contributed by atoms with Crippen molar-refractivity contribution in [1.82, 2.24) is 9.55 Å². The van der Waals surface area contributed by atoms with Gasteiger partial charge in [0.15, 0.2) is 5.16 Å². The van der Waals surface area contributed by atoms with Crippen LogP contribution in [0.5, 0.6) is 0 Å². The molecule has 4 nitrogen and oxygen atoms in total. The summed E-state index contributed by atoms with van der Waals surface area (Å²) >= 11 is 6.81. The molecule has 0 aliphatic carbocycles. The topological polar surface area (TPSA) is 44.1 Å². The molecule has 2 aromatic heterocycles. The molecule has 0 saturated carbocycles. The van der Waals surface area contributed by atoms with Crippen LogP contribution in [0.2, 0.25) is 0 Å². The van der Waals surface area contributed by atoms with Gasteiger partial charge < -0.3 is 4.74 Å². The molecule has 31 heavy (non-hydrogen) atoms. The molecule has 0 atom stereocenters. The van der Waals surface area contributed by atoms with E-state index in [-0.39, 0.29) is 11.2 Å². The van der Waals surface area contributed by atoms with E-state index >= 15 is 0 Å². The number of unbranched alkanes of at least 4 members (excludes halogenated alkanes) is 4. The number of hydrogen-bond acceptors (Lipinski definition) is 5. The van der Waals surface area contributed by atoms with Crippen LogP contribution in [-0.4, -0.2) is 20.9 Å². The number of benzene rings is 1. The Morgan fingerprint density at radius 2 is 1.94 bits per heavy atom. The first-order valence-corrected chi connectivity index (χ1v) is 13.6. The first-order chi connectivity index (χ1) is 14.9. The van der Waals surface area contributed by atoms with Crippen LogP contribution < -0.4 is 5.56 Å². The van der Waals surface area contributed by atoms with Gasteiger partial charge in [-0.1, -0.05) is 60.3 Å². The van der Waals surface area contributed by atoms with Crippen molar-refractivity contribution in [3.63, 3.8) is 0 Å². The Morgan fingerprint density at radius 1 is 1.19 bits per heavy atom. The number of ether oxygens (including phenoxy) is 1. The van der Waals surface area contributed by atoms with Crippen molar-refractivity contribution in [2.75, 3.05) is 5.75 Å². The van der Waals surface area contributed by atoms with E-state index in [2.05, 4.69) is 36.7 Å². The molecule has 7 heteroatoms. The lowest BCUT2D eigenvalue weighted by Crippen LogP contribution is -2.32. The maximum Gasteiger partial charge on any atom is 0.267 e. The zero-order valence-electron chi connectivity index (χ0n) is 18.4. The molecule has 0 unspecified atom stereocenters. The summed E-state index contributed by atoms with van der Waals surface area (Å²) < 4.78 is 8.80. The molecule has 0 saturated heterocycles. The van der Waals surface area contributed by atoms with Crippen LogP contribution in [-0.2, 0) is 17.8 Å². The number of nitrogens with zero attached hydrogens (tertiary/aromatic N) is 2. The minimum atomic E-state index is -0.262. The van der Waals surface area contributed by atoms with Gasteiger partial charge in [0.25, 0.3) is 5.56 Å². The molecular formula is C24H29BrN2O2S2. The van der Waals surface area contributed by atoms with E-state index in [4.69, 9.17) is 9.72 Å². The highest BCUT2D eigenvalue weighted by molar-refractivity contribution is 9.10. The Labute approximate surface area is 200 Å².